The summed E-state index contributed by atoms with van der Waals surface area (Å²) in [7, 11) is 0. The number of fused-ring (bicyclic) bond motifs is 1. The zero-order chi connectivity index (χ0) is 11.0. The van der Waals surface area contributed by atoms with Crippen LogP contribution in [0.3, 0.4) is 0 Å². The second kappa shape index (κ2) is 3.63. The molecule has 0 saturated heterocycles. The van der Waals surface area contributed by atoms with Gasteiger partial charge >= 0.3 is 6.09 Å². The number of carbonyl (C=O) groups is 1. The summed E-state index contributed by atoms with van der Waals surface area (Å²) < 4.78 is 1.34. The number of hydrogen-bond acceptors (Lipinski definition) is 3. The van der Waals surface area contributed by atoms with E-state index >= 15 is 0 Å². The fraction of sp³-hybridized carbons (Fsp3) is 0.111. The number of hydrogen-bond donors (Lipinski definition) is 2. The van der Waals surface area contributed by atoms with Gasteiger partial charge in [-0.15, -0.1) is 0 Å². The Bertz CT molecular complexity index is 535. The third-order valence-electron chi connectivity index (χ3n) is 2.06. The minimum Gasteiger partial charge on any atom is -0.463 e. The van der Waals surface area contributed by atoms with Gasteiger partial charge in [-0.2, -0.15) is 9.78 Å². The molecule has 0 aliphatic heterocycles. The second-order valence-electron chi connectivity index (χ2n) is 2.99. The lowest BCUT2D eigenvalue weighted by atomic mass is 10.2. The van der Waals surface area contributed by atoms with E-state index in [-0.39, 0.29) is 6.61 Å². The smallest absolute Gasteiger partial charge is 0.432 e. The summed E-state index contributed by atoms with van der Waals surface area (Å²) in [6, 6.07) is 4.98. The lowest BCUT2D eigenvalue weighted by molar-refractivity contribution is 0.194. The molecule has 1 heterocycles. The van der Waals surface area contributed by atoms with Gasteiger partial charge in [0.1, 0.15) is 4.60 Å². The predicted molar refractivity (Wildman–Crippen MR) is 56.8 cm³/mol. The van der Waals surface area contributed by atoms with Crippen LogP contribution in [0.15, 0.2) is 22.8 Å². The first-order chi connectivity index (χ1) is 7.13. The highest BCUT2D eigenvalue weighted by molar-refractivity contribution is 9.10. The summed E-state index contributed by atoms with van der Waals surface area (Å²) in [5.41, 5.74) is 1.21. The second-order valence-corrected chi connectivity index (χ2v) is 3.75. The van der Waals surface area contributed by atoms with Crippen LogP contribution < -0.4 is 0 Å². The molecule has 0 atom stereocenters. The molecule has 1 aromatic heterocycles. The molecule has 5 nitrogen and oxygen atoms in total. The molecule has 15 heavy (non-hydrogen) atoms. The van der Waals surface area contributed by atoms with Crippen molar-refractivity contribution in [3.8, 4) is 0 Å². The van der Waals surface area contributed by atoms with Crippen LogP contribution in [0.1, 0.15) is 5.56 Å². The molecule has 0 radical (unpaired) electrons. The van der Waals surface area contributed by atoms with Crippen molar-refractivity contribution in [3.63, 3.8) is 0 Å². The maximum Gasteiger partial charge on any atom is 0.432 e. The van der Waals surface area contributed by atoms with Gasteiger partial charge in [0.2, 0.25) is 0 Å². The van der Waals surface area contributed by atoms with Crippen LogP contribution in [0.4, 0.5) is 4.79 Å². The Hall–Kier alpha value is -1.40. The normalized spacial score (nSPS) is 10.8. The highest BCUT2D eigenvalue weighted by atomic mass is 79.9. The standard InChI is InChI=1S/C9H7BrN2O3/c10-8-6-3-5(4-13)1-2-7(6)12(11-8)9(14)15/h1-3,13H,4H2,(H,14,15). The summed E-state index contributed by atoms with van der Waals surface area (Å²) in [6.45, 7) is -0.0827. The summed E-state index contributed by atoms with van der Waals surface area (Å²) in [5.74, 6) is 0. The molecule has 0 bridgehead atoms. The molecule has 78 valence electrons. The SMILES string of the molecule is O=C(O)n1nc(Br)c2cc(CO)ccc21. The Labute approximate surface area is 93.1 Å². The maximum atomic E-state index is 10.8. The van der Waals surface area contributed by atoms with Crippen molar-refractivity contribution in [2.24, 2.45) is 0 Å². The van der Waals surface area contributed by atoms with E-state index in [0.29, 0.717) is 21.1 Å². The Morgan fingerprint density at radius 3 is 2.87 bits per heavy atom. The predicted octanol–water partition coefficient (Wildman–Crippen LogP) is 1.82. The van der Waals surface area contributed by atoms with Crippen LogP contribution in [-0.4, -0.2) is 26.1 Å². The lowest BCUT2D eigenvalue weighted by Gasteiger charge is -1.97. The molecule has 6 heteroatoms. The van der Waals surface area contributed by atoms with E-state index in [1.165, 1.54) is 0 Å². The van der Waals surface area contributed by atoms with Gasteiger partial charge in [0.05, 0.1) is 12.1 Å². The van der Waals surface area contributed by atoms with Gasteiger partial charge in [-0.25, -0.2) is 4.79 Å². The van der Waals surface area contributed by atoms with Gasteiger partial charge in [0.15, 0.2) is 0 Å². The summed E-state index contributed by atoms with van der Waals surface area (Å²) >= 11 is 3.17. The first-order valence-electron chi connectivity index (χ1n) is 4.15. The molecule has 0 amide bonds. The highest BCUT2D eigenvalue weighted by Crippen LogP contribution is 2.24. The summed E-state index contributed by atoms with van der Waals surface area (Å²) in [4.78, 5) is 10.8. The number of benzene rings is 1. The third-order valence-corrected chi connectivity index (χ3v) is 2.65. The van der Waals surface area contributed by atoms with Crippen LogP contribution >= 0.6 is 15.9 Å². The molecule has 0 fully saturated rings. The zero-order valence-corrected chi connectivity index (χ0v) is 9.10. The highest BCUT2D eigenvalue weighted by Gasteiger charge is 2.13. The van der Waals surface area contributed by atoms with E-state index in [0.717, 1.165) is 4.68 Å². The molecule has 0 spiro atoms. The summed E-state index contributed by atoms with van der Waals surface area (Å²) in [5, 5.41) is 22.3. The number of aliphatic hydroxyl groups is 1. The van der Waals surface area contributed by atoms with Gasteiger partial charge in [-0.1, -0.05) is 6.07 Å². The third kappa shape index (κ3) is 1.62. The molecular formula is C9H7BrN2O3. The average Bonchev–Trinajstić information content (AvgIpc) is 2.56. The molecule has 0 aliphatic rings. The van der Waals surface area contributed by atoms with Crippen LogP contribution in [0, 0.1) is 0 Å². The molecule has 0 saturated carbocycles. The monoisotopic (exact) mass is 270 g/mol. The molecule has 2 rings (SSSR count). The van der Waals surface area contributed by atoms with Gasteiger partial charge in [-0.3, -0.25) is 0 Å². The van der Waals surface area contributed by atoms with E-state index in [1.54, 1.807) is 18.2 Å². The van der Waals surface area contributed by atoms with Crippen molar-refractivity contribution >= 4 is 32.9 Å². The Balaban J connectivity index is 2.75. The number of carboxylic acid groups (broad SMARTS) is 1. The van der Waals surface area contributed by atoms with Gasteiger partial charge in [0.25, 0.3) is 0 Å². The van der Waals surface area contributed by atoms with Crippen LogP contribution in [0.25, 0.3) is 10.9 Å². The van der Waals surface area contributed by atoms with Gasteiger partial charge < -0.3 is 10.2 Å². The Kier molecular flexibility index (Phi) is 2.45. The van der Waals surface area contributed by atoms with Gasteiger partial charge in [-0.05, 0) is 33.6 Å². The van der Waals surface area contributed by atoms with E-state index in [4.69, 9.17) is 10.2 Å². The number of rotatable bonds is 1. The number of halogens is 1. The zero-order valence-electron chi connectivity index (χ0n) is 7.51. The maximum absolute atomic E-state index is 10.8. The first kappa shape index (κ1) is 10.1. The van der Waals surface area contributed by atoms with Crippen LogP contribution in [0.5, 0.6) is 0 Å². The van der Waals surface area contributed by atoms with Crippen molar-refractivity contribution in [2.45, 2.75) is 6.61 Å². The molecule has 2 N–H and O–H groups in total. The molecule has 0 aliphatic carbocycles. The quantitative estimate of drug-likeness (QED) is 0.829. The van der Waals surface area contributed by atoms with Gasteiger partial charge in [0, 0.05) is 5.39 Å². The topological polar surface area (TPSA) is 75.3 Å². The molecular weight excluding hydrogens is 264 g/mol. The molecule has 0 unspecified atom stereocenters. The molecule has 1 aromatic carbocycles. The van der Waals surface area contributed by atoms with Crippen molar-refractivity contribution in [3.05, 3.63) is 28.4 Å². The fourth-order valence-electron chi connectivity index (χ4n) is 1.37. The number of aliphatic hydroxyl groups excluding tert-OH is 1. The lowest BCUT2D eigenvalue weighted by Crippen LogP contribution is -2.09. The minimum atomic E-state index is -1.14. The average molecular weight is 271 g/mol. The number of aromatic nitrogens is 2. The van der Waals surface area contributed by atoms with E-state index in [1.807, 2.05) is 0 Å². The summed E-state index contributed by atoms with van der Waals surface area (Å²) in [6.07, 6.45) is -1.14. The van der Waals surface area contributed by atoms with Crippen molar-refractivity contribution < 1.29 is 15.0 Å². The minimum absolute atomic E-state index is 0.0827. The number of nitrogens with zero attached hydrogens (tertiary/aromatic N) is 2. The first-order valence-corrected chi connectivity index (χ1v) is 4.94. The largest absolute Gasteiger partial charge is 0.463 e. The van der Waals surface area contributed by atoms with E-state index < -0.39 is 6.09 Å². The van der Waals surface area contributed by atoms with E-state index in [9.17, 15) is 4.79 Å². The van der Waals surface area contributed by atoms with Crippen molar-refractivity contribution in [1.29, 1.82) is 0 Å². The Morgan fingerprint density at radius 2 is 2.27 bits per heavy atom. The Morgan fingerprint density at radius 1 is 1.53 bits per heavy atom. The van der Waals surface area contributed by atoms with E-state index in [2.05, 4.69) is 21.0 Å². The van der Waals surface area contributed by atoms with Crippen LogP contribution in [0.2, 0.25) is 0 Å². The fourth-order valence-corrected chi connectivity index (χ4v) is 1.85. The molecule has 2 aromatic rings. The van der Waals surface area contributed by atoms with Crippen LogP contribution in [-0.2, 0) is 6.61 Å². The van der Waals surface area contributed by atoms with Crippen molar-refractivity contribution in [1.82, 2.24) is 9.78 Å². The van der Waals surface area contributed by atoms with Crippen molar-refractivity contribution in [2.75, 3.05) is 0 Å².